The zero-order valence-corrected chi connectivity index (χ0v) is 17.8. The van der Waals surface area contributed by atoms with Crippen molar-refractivity contribution in [1.82, 2.24) is 4.90 Å². The number of likely N-dealkylation sites (tertiary alicyclic amines) is 1. The van der Waals surface area contributed by atoms with Crippen molar-refractivity contribution in [3.63, 3.8) is 0 Å². The molecule has 1 heterocycles. The summed E-state index contributed by atoms with van der Waals surface area (Å²) in [6, 6.07) is 13.5. The predicted octanol–water partition coefficient (Wildman–Crippen LogP) is 4.24. The molecule has 5 nitrogen and oxygen atoms in total. The second-order valence-corrected chi connectivity index (χ2v) is 7.71. The molecule has 0 unspecified atom stereocenters. The van der Waals surface area contributed by atoms with Gasteiger partial charge in [-0.25, -0.2) is 0 Å². The number of nitrogens with zero attached hydrogens (tertiary/aromatic N) is 1. The first-order valence-electron chi connectivity index (χ1n) is 9.01. The van der Waals surface area contributed by atoms with E-state index < -0.39 is 0 Å². The highest BCUT2D eigenvalue weighted by atomic mass is 127. The topological polar surface area (TPSA) is 48.0 Å². The molecule has 1 amide bonds. The number of hydrogen-bond acceptors (Lipinski definition) is 4. The molecule has 1 saturated heterocycles. The molecular formula is C21H24INO4. The maximum atomic E-state index is 13.0. The fourth-order valence-electron chi connectivity index (χ4n) is 3.22. The standard InChI is InChI=1S/C21H24INO4/c1-25-19-12-17(18(22)13-20(19)26-2)21(24)23-10-8-15(9-11-23)14-27-16-6-4-3-5-7-16/h3-7,12-13,15H,8-11,14H2,1-2H3. The Morgan fingerprint density at radius 2 is 1.70 bits per heavy atom. The molecule has 2 aromatic carbocycles. The highest BCUT2D eigenvalue weighted by Gasteiger charge is 2.26. The normalized spacial score (nSPS) is 14.7. The highest BCUT2D eigenvalue weighted by Crippen LogP contribution is 2.32. The molecule has 0 radical (unpaired) electrons. The lowest BCUT2D eigenvalue weighted by atomic mass is 9.97. The van der Waals surface area contributed by atoms with E-state index in [0.717, 1.165) is 35.3 Å². The molecule has 2 aromatic rings. The van der Waals surface area contributed by atoms with Crippen LogP contribution in [0.3, 0.4) is 0 Å². The monoisotopic (exact) mass is 481 g/mol. The quantitative estimate of drug-likeness (QED) is 0.580. The number of rotatable bonds is 6. The van der Waals surface area contributed by atoms with Gasteiger partial charge in [-0.05, 0) is 65.6 Å². The molecular weight excluding hydrogens is 457 g/mol. The molecule has 1 aliphatic heterocycles. The van der Waals surface area contributed by atoms with Crippen LogP contribution in [0.1, 0.15) is 23.2 Å². The number of benzene rings is 2. The van der Waals surface area contributed by atoms with Gasteiger partial charge in [-0.1, -0.05) is 18.2 Å². The van der Waals surface area contributed by atoms with Crippen molar-refractivity contribution in [2.24, 2.45) is 5.92 Å². The van der Waals surface area contributed by atoms with Crippen LogP contribution in [-0.2, 0) is 0 Å². The Balaban J connectivity index is 1.58. The second-order valence-electron chi connectivity index (χ2n) is 6.55. The van der Waals surface area contributed by atoms with E-state index in [-0.39, 0.29) is 5.91 Å². The summed E-state index contributed by atoms with van der Waals surface area (Å²) in [6.45, 7) is 2.18. The first-order chi connectivity index (χ1) is 13.1. The number of amides is 1. The van der Waals surface area contributed by atoms with E-state index in [4.69, 9.17) is 14.2 Å². The smallest absolute Gasteiger partial charge is 0.255 e. The van der Waals surface area contributed by atoms with Crippen molar-refractivity contribution in [2.75, 3.05) is 33.9 Å². The number of ether oxygens (including phenoxy) is 3. The second kappa shape index (κ2) is 9.30. The summed E-state index contributed by atoms with van der Waals surface area (Å²) < 4.78 is 17.4. The number of piperidine rings is 1. The van der Waals surface area contributed by atoms with Crippen LogP contribution in [0.5, 0.6) is 17.2 Å². The Kier molecular flexibility index (Phi) is 6.82. The number of carbonyl (C=O) groups is 1. The minimum Gasteiger partial charge on any atom is -0.493 e. The van der Waals surface area contributed by atoms with Gasteiger partial charge in [0.25, 0.3) is 5.91 Å². The van der Waals surface area contributed by atoms with E-state index in [0.29, 0.717) is 29.6 Å². The minimum atomic E-state index is 0.0442. The molecule has 144 valence electrons. The van der Waals surface area contributed by atoms with Gasteiger partial charge in [-0.3, -0.25) is 4.79 Å². The van der Waals surface area contributed by atoms with Crippen LogP contribution in [0.2, 0.25) is 0 Å². The Hall–Kier alpha value is -1.96. The number of methoxy groups -OCH3 is 2. The van der Waals surface area contributed by atoms with Crippen molar-refractivity contribution in [3.05, 3.63) is 51.6 Å². The zero-order chi connectivity index (χ0) is 19.2. The average molecular weight is 481 g/mol. The predicted molar refractivity (Wildman–Crippen MR) is 113 cm³/mol. The summed E-state index contributed by atoms with van der Waals surface area (Å²) in [5.74, 6) is 2.63. The molecule has 1 aliphatic rings. The lowest BCUT2D eigenvalue weighted by molar-refractivity contribution is 0.0659. The fraction of sp³-hybridized carbons (Fsp3) is 0.381. The van der Waals surface area contributed by atoms with Crippen LogP contribution in [0, 0.1) is 9.49 Å². The van der Waals surface area contributed by atoms with E-state index in [1.54, 1.807) is 20.3 Å². The third-order valence-electron chi connectivity index (χ3n) is 4.83. The lowest BCUT2D eigenvalue weighted by Gasteiger charge is -2.32. The number of carbonyl (C=O) groups excluding carboxylic acids is 1. The molecule has 6 heteroatoms. The van der Waals surface area contributed by atoms with Crippen LogP contribution < -0.4 is 14.2 Å². The lowest BCUT2D eigenvalue weighted by Crippen LogP contribution is -2.40. The van der Waals surface area contributed by atoms with Gasteiger partial charge in [0.1, 0.15) is 5.75 Å². The maximum Gasteiger partial charge on any atom is 0.255 e. The number of hydrogen-bond donors (Lipinski definition) is 0. The van der Waals surface area contributed by atoms with Gasteiger partial charge < -0.3 is 19.1 Å². The van der Waals surface area contributed by atoms with Crippen molar-refractivity contribution < 1.29 is 19.0 Å². The third kappa shape index (κ3) is 4.86. The fourth-order valence-corrected chi connectivity index (χ4v) is 3.89. The SMILES string of the molecule is COc1cc(I)c(C(=O)N2CCC(COc3ccccc3)CC2)cc1OC. The summed E-state index contributed by atoms with van der Waals surface area (Å²) in [5, 5.41) is 0. The van der Waals surface area contributed by atoms with E-state index in [2.05, 4.69) is 22.6 Å². The molecule has 0 aromatic heterocycles. The largest absolute Gasteiger partial charge is 0.493 e. The Morgan fingerprint density at radius 3 is 2.33 bits per heavy atom. The van der Waals surface area contributed by atoms with Crippen molar-refractivity contribution in [3.8, 4) is 17.2 Å². The van der Waals surface area contributed by atoms with Crippen molar-refractivity contribution in [2.45, 2.75) is 12.8 Å². The summed E-state index contributed by atoms with van der Waals surface area (Å²) in [7, 11) is 3.18. The maximum absolute atomic E-state index is 13.0. The van der Waals surface area contributed by atoms with Crippen LogP contribution >= 0.6 is 22.6 Å². The Labute approximate surface area is 173 Å². The van der Waals surface area contributed by atoms with Gasteiger partial charge in [-0.2, -0.15) is 0 Å². The van der Waals surface area contributed by atoms with Gasteiger partial charge in [0.05, 0.1) is 26.4 Å². The highest BCUT2D eigenvalue weighted by molar-refractivity contribution is 14.1. The van der Waals surface area contributed by atoms with E-state index in [1.807, 2.05) is 41.3 Å². The van der Waals surface area contributed by atoms with Crippen LogP contribution in [0.4, 0.5) is 0 Å². The van der Waals surface area contributed by atoms with Crippen LogP contribution in [0.15, 0.2) is 42.5 Å². The minimum absolute atomic E-state index is 0.0442. The van der Waals surface area contributed by atoms with Gasteiger partial charge in [0, 0.05) is 16.7 Å². The summed E-state index contributed by atoms with van der Waals surface area (Å²) >= 11 is 2.17. The Bertz CT molecular complexity index is 773. The average Bonchev–Trinajstić information content (AvgIpc) is 2.72. The van der Waals surface area contributed by atoms with Gasteiger partial charge >= 0.3 is 0 Å². The van der Waals surface area contributed by atoms with Gasteiger partial charge in [0.15, 0.2) is 11.5 Å². The zero-order valence-electron chi connectivity index (χ0n) is 15.6. The molecule has 0 spiro atoms. The molecule has 27 heavy (non-hydrogen) atoms. The summed E-state index contributed by atoms with van der Waals surface area (Å²) in [5.41, 5.74) is 0.659. The van der Waals surface area contributed by atoms with Crippen molar-refractivity contribution in [1.29, 1.82) is 0 Å². The molecule has 3 rings (SSSR count). The van der Waals surface area contributed by atoms with E-state index >= 15 is 0 Å². The van der Waals surface area contributed by atoms with Gasteiger partial charge in [0.2, 0.25) is 0 Å². The van der Waals surface area contributed by atoms with Crippen LogP contribution in [0.25, 0.3) is 0 Å². The molecule has 1 fully saturated rings. The first-order valence-corrected chi connectivity index (χ1v) is 10.1. The summed E-state index contributed by atoms with van der Waals surface area (Å²) in [4.78, 5) is 14.9. The molecule has 0 atom stereocenters. The number of para-hydroxylation sites is 1. The Morgan fingerprint density at radius 1 is 1.07 bits per heavy atom. The number of halogens is 1. The van der Waals surface area contributed by atoms with Crippen molar-refractivity contribution >= 4 is 28.5 Å². The molecule has 0 N–H and O–H groups in total. The van der Waals surface area contributed by atoms with E-state index in [1.165, 1.54) is 0 Å². The molecule has 0 saturated carbocycles. The van der Waals surface area contributed by atoms with Crippen LogP contribution in [-0.4, -0.2) is 44.7 Å². The summed E-state index contributed by atoms with van der Waals surface area (Å²) in [6.07, 6.45) is 1.89. The van der Waals surface area contributed by atoms with Gasteiger partial charge in [-0.15, -0.1) is 0 Å². The molecule has 0 bridgehead atoms. The van der Waals surface area contributed by atoms with E-state index in [9.17, 15) is 4.79 Å². The third-order valence-corrected chi connectivity index (χ3v) is 5.73. The first kappa shape index (κ1) is 19.8. The molecule has 0 aliphatic carbocycles.